The van der Waals surface area contributed by atoms with Crippen molar-refractivity contribution in [2.24, 2.45) is 5.92 Å². The molecule has 1 unspecified atom stereocenters. The van der Waals surface area contributed by atoms with Gasteiger partial charge in [0.25, 0.3) is 0 Å². The van der Waals surface area contributed by atoms with Crippen LogP contribution in [0.1, 0.15) is 49.1 Å². The molecule has 19 heavy (non-hydrogen) atoms. The molecule has 1 heterocycles. The molecule has 3 atom stereocenters. The van der Waals surface area contributed by atoms with Crippen molar-refractivity contribution in [2.75, 3.05) is 6.26 Å². The summed E-state index contributed by atoms with van der Waals surface area (Å²) in [6.45, 7) is 2.50. The molecule has 0 amide bonds. The number of fused-ring (bicyclic) bond motifs is 5. The van der Waals surface area contributed by atoms with Crippen LogP contribution in [-0.4, -0.2) is 11.2 Å². The molecule has 0 spiro atoms. The van der Waals surface area contributed by atoms with Crippen LogP contribution < -0.4 is 0 Å². The summed E-state index contributed by atoms with van der Waals surface area (Å²) in [5.74, 6) is 0.835. The number of rotatable bonds is 1. The zero-order valence-electron chi connectivity index (χ0n) is 11.7. The van der Waals surface area contributed by atoms with Gasteiger partial charge in [0.15, 0.2) is 0 Å². The normalized spacial score (nSPS) is 33.4. The van der Waals surface area contributed by atoms with Crippen LogP contribution in [0.5, 0.6) is 0 Å². The fourth-order valence-corrected chi connectivity index (χ4v) is 5.79. The Bertz CT molecular complexity index is 629. The van der Waals surface area contributed by atoms with Gasteiger partial charge in [-0.25, -0.2) is 0 Å². The molecule has 1 N–H and O–H groups in total. The first-order valence-corrected chi connectivity index (χ1v) is 8.68. The van der Waals surface area contributed by atoms with Crippen molar-refractivity contribution in [1.82, 2.24) is 4.98 Å². The quantitative estimate of drug-likeness (QED) is 0.769. The first-order valence-electron chi connectivity index (χ1n) is 7.39. The van der Waals surface area contributed by atoms with Gasteiger partial charge in [-0.1, -0.05) is 38.0 Å². The first-order chi connectivity index (χ1) is 9.25. The van der Waals surface area contributed by atoms with E-state index in [1.807, 2.05) is 0 Å². The molecule has 0 saturated heterocycles. The zero-order chi connectivity index (χ0) is 13.0. The van der Waals surface area contributed by atoms with Gasteiger partial charge < -0.3 is 4.98 Å². The largest absolute Gasteiger partial charge is 0.358 e. The van der Waals surface area contributed by atoms with E-state index in [2.05, 4.69) is 54.2 Å². The molecule has 100 valence electrons. The van der Waals surface area contributed by atoms with Gasteiger partial charge in [0.2, 0.25) is 0 Å². The molecule has 0 bridgehead atoms. The number of aromatic nitrogens is 1. The summed E-state index contributed by atoms with van der Waals surface area (Å²) in [6, 6.07) is 8.85. The van der Waals surface area contributed by atoms with E-state index in [1.54, 1.807) is 11.3 Å². The van der Waals surface area contributed by atoms with Crippen LogP contribution in [0.3, 0.4) is 0 Å². The van der Waals surface area contributed by atoms with Crippen LogP contribution in [0.15, 0.2) is 24.3 Å². The maximum Gasteiger partial charge on any atom is 0.0459 e. The van der Waals surface area contributed by atoms with Crippen LogP contribution >= 0.6 is 11.8 Å². The van der Waals surface area contributed by atoms with E-state index in [-0.39, 0.29) is 0 Å². The van der Waals surface area contributed by atoms with Gasteiger partial charge in [0.1, 0.15) is 0 Å². The lowest BCUT2D eigenvalue weighted by Gasteiger charge is -2.38. The summed E-state index contributed by atoms with van der Waals surface area (Å²) in [4.78, 5) is 3.77. The van der Waals surface area contributed by atoms with Crippen LogP contribution in [0.2, 0.25) is 0 Å². The fourth-order valence-electron chi connectivity index (χ4n) is 4.55. The molecule has 0 aliphatic heterocycles. The lowest BCUT2D eigenvalue weighted by Crippen LogP contribution is -2.32. The smallest absolute Gasteiger partial charge is 0.0459 e. The summed E-state index contributed by atoms with van der Waals surface area (Å²) < 4.78 is 0. The number of benzene rings is 1. The molecule has 1 nitrogen and oxygen atoms in total. The lowest BCUT2D eigenvalue weighted by atomic mass is 9.69. The Balaban J connectivity index is 2.00. The van der Waals surface area contributed by atoms with E-state index < -0.39 is 0 Å². The topological polar surface area (TPSA) is 15.8 Å². The van der Waals surface area contributed by atoms with Crippen LogP contribution in [0.4, 0.5) is 0 Å². The standard InChI is InChI=1S/C17H21NS/c1-17-10-6-5-8-12(17)15(19-2)14-11-7-3-4-9-13(11)18-16(14)17/h3-4,7,9,12,15,18H,5-6,8,10H2,1-2H3/t12-,15?,17+/m0/s1. The molecule has 2 heteroatoms. The van der Waals surface area contributed by atoms with Gasteiger partial charge in [0.05, 0.1) is 0 Å². The zero-order valence-corrected chi connectivity index (χ0v) is 12.5. The number of nitrogens with one attached hydrogen (secondary N) is 1. The van der Waals surface area contributed by atoms with Gasteiger partial charge in [-0.05, 0) is 36.6 Å². The van der Waals surface area contributed by atoms with Crippen molar-refractivity contribution in [3.63, 3.8) is 0 Å². The lowest BCUT2D eigenvalue weighted by molar-refractivity contribution is 0.219. The molecule has 1 aromatic carbocycles. The van der Waals surface area contributed by atoms with Crippen molar-refractivity contribution in [1.29, 1.82) is 0 Å². The Morgan fingerprint density at radius 3 is 2.95 bits per heavy atom. The average Bonchev–Trinajstić information content (AvgIpc) is 2.92. The first kappa shape index (κ1) is 11.9. The van der Waals surface area contributed by atoms with Crippen molar-refractivity contribution < 1.29 is 0 Å². The summed E-state index contributed by atoms with van der Waals surface area (Å²) in [6.07, 6.45) is 7.85. The molecule has 0 radical (unpaired) electrons. The van der Waals surface area contributed by atoms with E-state index in [0.29, 0.717) is 10.7 Å². The van der Waals surface area contributed by atoms with E-state index >= 15 is 0 Å². The van der Waals surface area contributed by atoms with Gasteiger partial charge in [-0.3, -0.25) is 0 Å². The summed E-state index contributed by atoms with van der Waals surface area (Å²) in [5.41, 5.74) is 4.90. The highest BCUT2D eigenvalue weighted by Gasteiger charge is 2.51. The van der Waals surface area contributed by atoms with Gasteiger partial charge in [-0.15, -0.1) is 0 Å². The molecular weight excluding hydrogens is 250 g/mol. The monoisotopic (exact) mass is 271 g/mol. The SMILES string of the molecule is CSC1c2c([nH]c3ccccc23)[C@]2(C)CCCC[C@@H]12. The minimum Gasteiger partial charge on any atom is -0.358 e. The Kier molecular flexibility index (Phi) is 2.54. The highest BCUT2D eigenvalue weighted by Crippen LogP contribution is 2.61. The fraction of sp³-hybridized carbons (Fsp3) is 0.529. The Morgan fingerprint density at radius 1 is 1.26 bits per heavy atom. The third-order valence-corrected chi connectivity index (χ3v) is 6.57. The van der Waals surface area contributed by atoms with Gasteiger partial charge >= 0.3 is 0 Å². The Morgan fingerprint density at radius 2 is 2.11 bits per heavy atom. The Labute approximate surface area is 119 Å². The third-order valence-electron chi connectivity index (χ3n) is 5.50. The highest BCUT2D eigenvalue weighted by molar-refractivity contribution is 7.98. The number of hydrogen-bond donors (Lipinski definition) is 1. The molecule has 1 saturated carbocycles. The molecule has 2 aliphatic rings. The van der Waals surface area contributed by atoms with Gasteiger partial charge in [0, 0.05) is 27.3 Å². The molecule has 2 aliphatic carbocycles. The van der Waals surface area contributed by atoms with Crippen LogP contribution in [0, 0.1) is 5.92 Å². The van der Waals surface area contributed by atoms with Crippen LogP contribution in [0.25, 0.3) is 10.9 Å². The maximum atomic E-state index is 3.77. The van der Waals surface area contributed by atoms with Crippen molar-refractivity contribution in [3.8, 4) is 0 Å². The van der Waals surface area contributed by atoms with E-state index in [0.717, 1.165) is 5.92 Å². The van der Waals surface area contributed by atoms with Crippen LogP contribution in [-0.2, 0) is 5.41 Å². The molecule has 4 rings (SSSR count). The second kappa shape index (κ2) is 4.05. The highest BCUT2D eigenvalue weighted by atomic mass is 32.2. The molecule has 1 aromatic heterocycles. The van der Waals surface area contributed by atoms with E-state index in [9.17, 15) is 0 Å². The third kappa shape index (κ3) is 1.44. The predicted octanol–water partition coefficient (Wildman–Crippen LogP) is 5.03. The molecule has 2 aromatic rings. The average molecular weight is 271 g/mol. The van der Waals surface area contributed by atoms with Crippen molar-refractivity contribution in [2.45, 2.75) is 43.3 Å². The minimum atomic E-state index is 0.389. The number of aromatic amines is 1. The minimum absolute atomic E-state index is 0.389. The molecule has 1 fully saturated rings. The number of thioether (sulfide) groups is 1. The second-order valence-electron chi connectivity index (χ2n) is 6.39. The van der Waals surface area contributed by atoms with Crippen molar-refractivity contribution >= 4 is 22.7 Å². The number of hydrogen-bond acceptors (Lipinski definition) is 1. The van der Waals surface area contributed by atoms with E-state index in [4.69, 9.17) is 0 Å². The summed E-state index contributed by atoms with van der Waals surface area (Å²) >= 11 is 2.06. The van der Waals surface area contributed by atoms with E-state index in [1.165, 1.54) is 36.6 Å². The number of para-hydroxylation sites is 1. The predicted molar refractivity (Wildman–Crippen MR) is 83.9 cm³/mol. The summed E-state index contributed by atoms with van der Waals surface area (Å²) in [5, 5.41) is 2.16. The molecular formula is C17H21NS. The van der Waals surface area contributed by atoms with Gasteiger partial charge in [-0.2, -0.15) is 11.8 Å². The summed E-state index contributed by atoms with van der Waals surface area (Å²) in [7, 11) is 0. The Hall–Kier alpha value is -0.890. The second-order valence-corrected chi connectivity index (χ2v) is 7.36. The number of H-pyrrole nitrogens is 1. The maximum absolute atomic E-state index is 3.77. The van der Waals surface area contributed by atoms with Crippen molar-refractivity contribution in [3.05, 3.63) is 35.5 Å².